The van der Waals surface area contributed by atoms with Gasteiger partial charge in [-0.15, -0.1) is 0 Å². The average molecular weight is 337 g/mol. The molecule has 6 nitrogen and oxygen atoms in total. The Balaban J connectivity index is 2.16. The normalized spacial score (nSPS) is 13.3. The number of hydrogen-bond donors (Lipinski definition) is 2. The highest BCUT2D eigenvalue weighted by molar-refractivity contribution is 5.79. The number of nitrogens with one attached hydrogen (secondary N) is 2. The van der Waals surface area contributed by atoms with Crippen LogP contribution in [0.5, 0.6) is 0 Å². The summed E-state index contributed by atoms with van der Waals surface area (Å²) in [6, 6.07) is 0.435. The van der Waals surface area contributed by atoms with E-state index in [2.05, 4.69) is 52.6 Å². The maximum absolute atomic E-state index is 4.32. The zero-order valence-electron chi connectivity index (χ0n) is 16.2. The third-order valence-electron chi connectivity index (χ3n) is 4.31. The third-order valence-corrected chi connectivity index (χ3v) is 4.31. The molecule has 0 bridgehead atoms. The van der Waals surface area contributed by atoms with E-state index in [9.17, 15) is 0 Å². The Morgan fingerprint density at radius 2 is 2.08 bits per heavy atom. The number of guanidine groups is 1. The fourth-order valence-electron chi connectivity index (χ4n) is 2.76. The van der Waals surface area contributed by atoms with Crippen LogP contribution in [0.15, 0.2) is 17.4 Å². The molecule has 6 heteroatoms. The average Bonchev–Trinajstić information content (AvgIpc) is 2.99. The van der Waals surface area contributed by atoms with Crippen molar-refractivity contribution in [1.82, 2.24) is 25.3 Å². The first-order valence-electron chi connectivity index (χ1n) is 9.26. The van der Waals surface area contributed by atoms with Crippen molar-refractivity contribution < 1.29 is 0 Å². The van der Waals surface area contributed by atoms with Crippen LogP contribution in [-0.4, -0.2) is 59.9 Å². The maximum atomic E-state index is 4.32. The summed E-state index contributed by atoms with van der Waals surface area (Å²) < 4.78 is 1.85. The van der Waals surface area contributed by atoms with E-state index in [0.29, 0.717) is 6.04 Å². The van der Waals surface area contributed by atoms with Crippen LogP contribution < -0.4 is 10.6 Å². The van der Waals surface area contributed by atoms with Gasteiger partial charge >= 0.3 is 0 Å². The number of aryl methyl sites for hydroxylation is 2. The SMILES string of the molecule is CCN(CC)CCCC(C)NC(=NC)NCCCc1cnn(C)c1. The molecule has 0 amide bonds. The standard InChI is InChI=1S/C18H36N6/c1-6-24(7-2)13-9-10-16(3)22-18(19-4)20-12-8-11-17-14-21-23(5)15-17/h14-16H,6-13H2,1-5H3,(H2,19,20,22). The molecule has 138 valence electrons. The molecular weight excluding hydrogens is 300 g/mol. The van der Waals surface area contributed by atoms with E-state index in [0.717, 1.165) is 44.9 Å². The number of aliphatic imine (C=N–C) groups is 1. The van der Waals surface area contributed by atoms with Crippen LogP contribution in [0.4, 0.5) is 0 Å². The van der Waals surface area contributed by atoms with Crippen molar-refractivity contribution in [3.63, 3.8) is 0 Å². The molecule has 0 saturated heterocycles. The summed E-state index contributed by atoms with van der Waals surface area (Å²) in [6.45, 7) is 11.0. The molecule has 0 spiro atoms. The quantitative estimate of drug-likeness (QED) is 0.369. The Kier molecular flexibility index (Phi) is 10.2. The predicted molar refractivity (Wildman–Crippen MR) is 103 cm³/mol. The van der Waals surface area contributed by atoms with Gasteiger partial charge in [-0.25, -0.2) is 0 Å². The number of aromatic nitrogens is 2. The first-order valence-corrected chi connectivity index (χ1v) is 9.26. The number of rotatable bonds is 11. The molecule has 1 aromatic rings. The van der Waals surface area contributed by atoms with Crippen LogP contribution in [0.2, 0.25) is 0 Å². The van der Waals surface area contributed by atoms with Gasteiger partial charge in [0.05, 0.1) is 6.20 Å². The van der Waals surface area contributed by atoms with Crippen LogP contribution in [0.1, 0.15) is 45.6 Å². The Morgan fingerprint density at radius 3 is 2.67 bits per heavy atom. The Bertz CT molecular complexity index is 464. The third kappa shape index (κ3) is 8.34. The van der Waals surface area contributed by atoms with Crippen molar-refractivity contribution in [2.45, 2.75) is 52.5 Å². The van der Waals surface area contributed by atoms with E-state index in [1.807, 2.05) is 25.0 Å². The molecule has 1 heterocycles. The molecule has 0 fully saturated rings. The van der Waals surface area contributed by atoms with Crippen molar-refractivity contribution in [3.05, 3.63) is 18.0 Å². The fourth-order valence-corrected chi connectivity index (χ4v) is 2.76. The van der Waals surface area contributed by atoms with Crippen LogP contribution in [0.3, 0.4) is 0 Å². The van der Waals surface area contributed by atoms with E-state index in [-0.39, 0.29) is 0 Å². The topological polar surface area (TPSA) is 57.5 Å². The monoisotopic (exact) mass is 336 g/mol. The van der Waals surface area contributed by atoms with E-state index in [4.69, 9.17) is 0 Å². The Labute approximate surface area is 147 Å². The zero-order chi connectivity index (χ0) is 17.8. The molecule has 0 radical (unpaired) electrons. The van der Waals surface area contributed by atoms with Gasteiger partial charge in [0, 0.05) is 32.9 Å². The van der Waals surface area contributed by atoms with Gasteiger partial charge in [-0.1, -0.05) is 13.8 Å². The second-order valence-electron chi connectivity index (χ2n) is 6.34. The summed E-state index contributed by atoms with van der Waals surface area (Å²) in [6.07, 6.45) is 8.50. The highest BCUT2D eigenvalue weighted by atomic mass is 15.2. The minimum Gasteiger partial charge on any atom is -0.356 e. The van der Waals surface area contributed by atoms with Gasteiger partial charge in [-0.2, -0.15) is 5.10 Å². The minimum atomic E-state index is 0.435. The lowest BCUT2D eigenvalue weighted by Gasteiger charge is -2.21. The van der Waals surface area contributed by atoms with Crippen LogP contribution in [0, 0.1) is 0 Å². The van der Waals surface area contributed by atoms with Gasteiger partial charge in [0.2, 0.25) is 0 Å². The summed E-state index contributed by atoms with van der Waals surface area (Å²) in [4.78, 5) is 6.79. The summed E-state index contributed by atoms with van der Waals surface area (Å²) in [5.74, 6) is 0.900. The van der Waals surface area contributed by atoms with Crippen LogP contribution in [-0.2, 0) is 13.5 Å². The first kappa shape index (κ1) is 20.5. The molecule has 1 rings (SSSR count). The molecule has 1 unspecified atom stereocenters. The van der Waals surface area contributed by atoms with Crippen molar-refractivity contribution in [2.75, 3.05) is 33.2 Å². The summed E-state index contributed by atoms with van der Waals surface area (Å²) in [7, 11) is 3.79. The van der Waals surface area contributed by atoms with E-state index in [1.54, 1.807) is 0 Å². The van der Waals surface area contributed by atoms with Crippen LogP contribution >= 0.6 is 0 Å². The molecule has 24 heavy (non-hydrogen) atoms. The van der Waals surface area contributed by atoms with E-state index in [1.165, 1.54) is 18.5 Å². The summed E-state index contributed by atoms with van der Waals surface area (Å²) in [5.41, 5.74) is 1.28. The zero-order valence-corrected chi connectivity index (χ0v) is 16.2. The highest BCUT2D eigenvalue weighted by Crippen LogP contribution is 2.01. The summed E-state index contributed by atoms with van der Waals surface area (Å²) >= 11 is 0. The van der Waals surface area contributed by atoms with Gasteiger partial charge in [0.25, 0.3) is 0 Å². The molecule has 1 aromatic heterocycles. The largest absolute Gasteiger partial charge is 0.356 e. The van der Waals surface area contributed by atoms with Gasteiger partial charge in [-0.3, -0.25) is 9.67 Å². The van der Waals surface area contributed by atoms with Crippen molar-refractivity contribution in [3.8, 4) is 0 Å². The van der Waals surface area contributed by atoms with E-state index >= 15 is 0 Å². The smallest absolute Gasteiger partial charge is 0.191 e. The Morgan fingerprint density at radius 1 is 1.33 bits per heavy atom. The lowest BCUT2D eigenvalue weighted by Crippen LogP contribution is -2.42. The lowest BCUT2D eigenvalue weighted by molar-refractivity contribution is 0.292. The molecule has 1 atom stereocenters. The fraction of sp³-hybridized carbons (Fsp3) is 0.778. The lowest BCUT2D eigenvalue weighted by atomic mass is 10.2. The van der Waals surface area contributed by atoms with Gasteiger partial charge < -0.3 is 15.5 Å². The second kappa shape index (κ2) is 11.9. The van der Waals surface area contributed by atoms with Crippen LogP contribution in [0.25, 0.3) is 0 Å². The highest BCUT2D eigenvalue weighted by Gasteiger charge is 2.06. The van der Waals surface area contributed by atoms with Crippen molar-refractivity contribution in [1.29, 1.82) is 0 Å². The van der Waals surface area contributed by atoms with Gasteiger partial charge in [0.15, 0.2) is 5.96 Å². The molecule has 0 aliphatic rings. The minimum absolute atomic E-state index is 0.435. The maximum Gasteiger partial charge on any atom is 0.191 e. The first-order chi connectivity index (χ1) is 11.6. The van der Waals surface area contributed by atoms with Gasteiger partial charge in [-0.05, 0) is 57.8 Å². The van der Waals surface area contributed by atoms with E-state index < -0.39 is 0 Å². The molecular formula is C18H36N6. The second-order valence-corrected chi connectivity index (χ2v) is 6.34. The van der Waals surface area contributed by atoms with Crippen molar-refractivity contribution in [2.24, 2.45) is 12.0 Å². The summed E-state index contributed by atoms with van der Waals surface area (Å²) in [5, 5.41) is 11.1. The Hall–Kier alpha value is -1.56. The van der Waals surface area contributed by atoms with Gasteiger partial charge in [0.1, 0.15) is 0 Å². The predicted octanol–water partition coefficient (Wildman–Crippen LogP) is 2.03. The molecule has 0 saturated carbocycles. The molecule has 2 N–H and O–H groups in total. The molecule has 0 aromatic carbocycles. The number of hydrogen-bond acceptors (Lipinski definition) is 3. The number of nitrogens with zero attached hydrogens (tertiary/aromatic N) is 4. The molecule has 0 aliphatic carbocycles. The molecule has 0 aliphatic heterocycles. The van der Waals surface area contributed by atoms with Crippen molar-refractivity contribution >= 4 is 5.96 Å².